The van der Waals surface area contributed by atoms with E-state index in [9.17, 15) is 5.26 Å². The maximum atomic E-state index is 9.96. The fourth-order valence-electron chi connectivity index (χ4n) is 4.40. The van der Waals surface area contributed by atoms with Crippen LogP contribution in [0.5, 0.6) is 5.88 Å². The van der Waals surface area contributed by atoms with Gasteiger partial charge in [-0.1, -0.05) is 12.1 Å². The van der Waals surface area contributed by atoms with Crippen LogP contribution in [0.4, 0.5) is 0 Å². The van der Waals surface area contributed by atoms with Gasteiger partial charge >= 0.3 is 0 Å². The zero-order valence-corrected chi connectivity index (χ0v) is 17.9. The van der Waals surface area contributed by atoms with Crippen LogP contribution in [0.1, 0.15) is 41.6 Å². The summed E-state index contributed by atoms with van der Waals surface area (Å²) in [5, 5.41) is 14.6. The molecule has 4 aromatic rings. The molecule has 4 heterocycles. The Balaban J connectivity index is 1.48. The van der Waals surface area contributed by atoms with Crippen molar-refractivity contribution in [1.29, 1.82) is 5.26 Å². The number of imidazole rings is 1. The summed E-state index contributed by atoms with van der Waals surface area (Å²) < 4.78 is 9.55. The number of nitrogens with two attached hydrogens (primary N) is 1. The van der Waals surface area contributed by atoms with Gasteiger partial charge in [0, 0.05) is 43.4 Å². The minimum atomic E-state index is -0.453. The van der Waals surface area contributed by atoms with Gasteiger partial charge in [-0.25, -0.2) is 19.6 Å². The minimum absolute atomic E-state index is 0.0771. The third-order valence-electron chi connectivity index (χ3n) is 6.09. The monoisotopic (exact) mass is 436 g/mol. The molecule has 0 bridgehead atoms. The van der Waals surface area contributed by atoms with Crippen molar-refractivity contribution in [3.63, 3.8) is 0 Å². The van der Waals surface area contributed by atoms with E-state index in [2.05, 4.69) is 30.7 Å². The second kappa shape index (κ2) is 7.31. The second-order valence-electron chi connectivity index (χ2n) is 8.21. The first kappa shape index (κ1) is 19.3. The van der Waals surface area contributed by atoms with Crippen LogP contribution in [0.3, 0.4) is 0 Å². The lowest BCUT2D eigenvalue weighted by atomic mass is 9.84. The maximum Gasteiger partial charge on any atom is 0.224 e. The molecule has 1 fully saturated rings. The van der Waals surface area contributed by atoms with E-state index in [0.29, 0.717) is 28.9 Å². The highest BCUT2D eigenvalue weighted by Crippen LogP contribution is 2.46. The largest absolute Gasteiger partial charge is 0.422 e. The van der Waals surface area contributed by atoms with Crippen LogP contribution in [0, 0.1) is 11.3 Å². The van der Waals surface area contributed by atoms with Gasteiger partial charge < -0.3 is 15.0 Å². The van der Waals surface area contributed by atoms with Gasteiger partial charge in [-0.3, -0.25) is 0 Å². The van der Waals surface area contributed by atoms with Gasteiger partial charge in [0.05, 0.1) is 11.5 Å². The summed E-state index contributed by atoms with van der Waals surface area (Å²) in [6.45, 7) is 0. The highest BCUT2D eigenvalue weighted by Gasteiger charge is 2.37. The summed E-state index contributed by atoms with van der Waals surface area (Å²) >= 11 is 0. The Kier molecular flexibility index (Phi) is 4.26. The first-order valence-electron chi connectivity index (χ1n) is 10.7. The van der Waals surface area contributed by atoms with Gasteiger partial charge in [0.2, 0.25) is 11.8 Å². The predicted octanol–water partition coefficient (Wildman–Crippen LogP) is 3.16. The van der Waals surface area contributed by atoms with Crippen LogP contribution < -0.4 is 10.5 Å². The number of aryl methyl sites for hydroxylation is 1. The van der Waals surface area contributed by atoms with E-state index >= 15 is 0 Å². The number of allylic oxidation sites excluding steroid dienone is 1. The predicted molar refractivity (Wildman–Crippen MR) is 119 cm³/mol. The highest BCUT2D eigenvalue weighted by molar-refractivity contribution is 5.67. The number of ether oxygens (including phenoxy) is 1. The number of hydrogen-bond acceptors (Lipinski definition) is 7. The van der Waals surface area contributed by atoms with E-state index in [1.807, 2.05) is 36.7 Å². The third kappa shape index (κ3) is 3.07. The van der Waals surface area contributed by atoms with Crippen LogP contribution >= 0.6 is 0 Å². The normalized spacial score (nSPS) is 17.4. The molecule has 33 heavy (non-hydrogen) atoms. The molecule has 1 aromatic carbocycles. The van der Waals surface area contributed by atoms with Crippen LogP contribution in [0.2, 0.25) is 0 Å². The summed E-state index contributed by atoms with van der Waals surface area (Å²) in [5.74, 6) is 2.20. The van der Waals surface area contributed by atoms with E-state index < -0.39 is 5.92 Å². The summed E-state index contributed by atoms with van der Waals surface area (Å²) in [4.78, 5) is 13.3. The van der Waals surface area contributed by atoms with Gasteiger partial charge in [0.25, 0.3) is 0 Å². The number of fused-ring (bicyclic) bond motifs is 1. The standard InChI is InChI=1S/C24H20N8O/c1-31-24-19(20(30-31)22-27-9-2-10-28-22)18(17(13-25)21(26)33-24)14-5-7-16(8-6-14)32-12-11-29-23(32)15-3-4-15/h2,5-12,15,18H,3-4,26H2,1H3. The topological polar surface area (TPSA) is 120 Å². The molecule has 0 radical (unpaired) electrons. The van der Waals surface area contributed by atoms with Gasteiger partial charge in [-0.05, 0) is 36.6 Å². The average Bonchev–Trinajstić information content (AvgIpc) is 3.49. The average molecular weight is 436 g/mol. The minimum Gasteiger partial charge on any atom is -0.422 e. The molecule has 9 heteroatoms. The summed E-state index contributed by atoms with van der Waals surface area (Å²) in [5.41, 5.74) is 9.72. The van der Waals surface area contributed by atoms with Crippen molar-refractivity contribution in [2.75, 3.05) is 0 Å². The Labute approximate surface area is 189 Å². The van der Waals surface area contributed by atoms with Crippen LogP contribution in [-0.2, 0) is 7.05 Å². The third-order valence-corrected chi connectivity index (χ3v) is 6.09. The molecule has 2 N–H and O–H groups in total. The van der Waals surface area contributed by atoms with E-state index in [1.165, 1.54) is 12.8 Å². The van der Waals surface area contributed by atoms with Crippen molar-refractivity contribution in [3.8, 4) is 29.2 Å². The molecule has 9 nitrogen and oxygen atoms in total. The quantitative estimate of drug-likeness (QED) is 0.522. The Bertz CT molecular complexity index is 1420. The summed E-state index contributed by atoms with van der Waals surface area (Å²) in [6.07, 6.45) is 9.51. The number of rotatable bonds is 4. The smallest absolute Gasteiger partial charge is 0.224 e. The highest BCUT2D eigenvalue weighted by atomic mass is 16.5. The zero-order chi connectivity index (χ0) is 22.5. The first-order valence-corrected chi connectivity index (χ1v) is 10.7. The first-order chi connectivity index (χ1) is 16.2. The molecule has 3 aromatic heterocycles. The van der Waals surface area contributed by atoms with Crippen LogP contribution in [-0.4, -0.2) is 29.3 Å². The van der Waals surface area contributed by atoms with Gasteiger partial charge in [0.15, 0.2) is 5.82 Å². The van der Waals surface area contributed by atoms with E-state index in [4.69, 9.17) is 10.5 Å². The second-order valence-corrected chi connectivity index (χ2v) is 8.21. The molecule has 162 valence electrons. The van der Waals surface area contributed by atoms with Gasteiger partial charge in [0.1, 0.15) is 23.2 Å². The molecule has 1 saturated carbocycles. The van der Waals surface area contributed by atoms with Crippen molar-refractivity contribution in [3.05, 3.63) is 83.5 Å². The van der Waals surface area contributed by atoms with Crippen molar-refractivity contribution < 1.29 is 4.74 Å². The Hall–Kier alpha value is -4.45. The molecule has 0 saturated heterocycles. The lowest BCUT2D eigenvalue weighted by Gasteiger charge is -2.24. The van der Waals surface area contributed by atoms with Gasteiger partial charge in [-0.15, -0.1) is 0 Å². The number of nitrogens with zero attached hydrogens (tertiary/aromatic N) is 7. The zero-order valence-electron chi connectivity index (χ0n) is 17.9. The molecule has 1 atom stereocenters. The lowest BCUT2D eigenvalue weighted by molar-refractivity contribution is 0.358. The molecule has 1 unspecified atom stereocenters. The van der Waals surface area contributed by atoms with Crippen molar-refractivity contribution >= 4 is 0 Å². The lowest BCUT2D eigenvalue weighted by Crippen LogP contribution is -2.22. The van der Waals surface area contributed by atoms with Crippen molar-refractivity contribution in [1.82, 2.24) is 29.3 Å². The Morgan fingerprint density at radius 2 is 1.85 bits per heavy atom. The van der Waals surface area contributed by atoms with Crippen molar-refractivity contribution in [2.45, 2.75) is 24.7 Å². The van der Waals surface area contributed by atoms with Crippen LogP contribution in [0.25, 0.3) is 17.2 Å². The number of hydrogen-bond donors (Lipinski definition) is 1. The Morgan fingerprint density at radius 3 is 2.55 bits per heavy atom. The molecule has 2 aliphatic rings. The number of benzene rings is 1. The summed E-state index contributed by atoms with van der Waals surface area (Å²) in [6, 6.07) is 12.1. The molecular weight excluding hydrogens is 416 g/mol. The van der Waals surface area contributed by atoms with E-state index in [0.717, 1.165) is 22.6 Å². The molecule has 1 aliphatic carbocycles. The van der Waals surface area contributed by atoms with Crippen LogP contribution in [0.15, 0.2) is 66.6 Å². The molecule has 6 rings (SSSR count). The van der Waals surface area contributed by atoms with E-state index in [1.54, 1.807) is 30.2 Å². The summed E-state index contributed by atoms with van der Waals surface area (Å²) in [7, 11) is 1.77. The number of aromatic nitrogens is 6. The Morgan fingerprint density at radius 1 is 1.09 bits per heavy atom. The van der Waals surface area contributed by atoms with Crippen molar-refractivity contribution in [2.24, 2.45) is 12.8 Å². The van der Waals surface area contributed by atoms with E-state index in [-0.39, 0.29) is 5.88 Å². The molecule has 0 amide bonds. The maximum absolute atomic E-state index is 9.96. The fraction of sp³-hybridized carbons (Fsp3) is 0.208. The fourth-order valence-corrected chi connectivity index (χ4v) is 4.40. The number of nitriles is 1. The molecule has 0 spiro atoms. The molecular formula is C24H20N8O. The molecule has 1 aliphatic heterocycles. The SMILES string of the molecule is Cn1nc(-c2ncccn2)c2c1OC(N)=C(C#N)C2c1ccc(-n2ccnc2C2CC2)cc1. The van der Waals surface area contributed by atoms with Gasteiger partial charge in [-0.2, -0.15) is 10.4 Å².